The molecule has 1 rings (SSSR count). The molecule has 262 valence electrons. The first-order valence-electron chi connectivity index (χ1n) is 15.1. The Labute approximate surface area is 279 Å². The van der Waals surface area contributed by atoms with E-state index >= 15 is 0 Å². The SMILES string of the molecule is CC(C)[C@H](NC(=O)[C@H](CCCN=C(N)N)NC(=O)[C@@H](N)Cc1ccccc1)C(=O)N[C@@H](CS)C(=O)N[C@@H](CCCN=C(N)N)C(=O)O. The molecule has 1 aromatic carbocycles. The molecule has 0 aliphatic carbocycles. The number of aliphatic imine (C=N–C) groups is 2. The van der Waals surface area contributed by atoms with E-state index in [4.69, 9.17) is 28.7 Å². The zero-order valence-corrected chi connectivity index (χ0v) is 27.6. The number of nitrogens with two attached hydrogens (primary N) is 5. The molecular formula is C29H49N11O6S. The molecule has 17 nitrogen and oxygen atoms in total. The molecule has 15 N–H and O–H groups in total. The molecular weight excluding hydrogens is 630 g/mol. The first kappa shape index (κ1) is 40.4. The predicted octanol–water partition coefficient (Wildman–Crippen LogP) is -2.73. The lowest BCUT2D eigenvalue weighted by Crippen LogP contribution is -2.60. The number of nitrogens with zero attached hydrogens (tertiary/aromatic N) is 2. The average molecular weight is 680 g/mol. The number of hydrogen-bond acceptors (Lipinski definition) is 9. The summed E-state index contributed by atoms with van der Waals surface area (Å²) in [6.45, 7) is 3.72. The van der Waals surface area contributed by atoms with E-state index < -0.39 is 65.7 Å². The van der Waals surface area contributed by atoms with Crippen LogP contribution < -0.4 is 49.9 Å². The number of rotatable bonds is 21. The highest BCUT2D eigenvalue weighted by Gasteiger charge is 2.32. The minimum absolute atomic E-state index is 0.0288. The number of nitrogens with one attached hydrogen (secondary N) is 4. The highest BCUT2D eigenvalue weighted by atomic mass is 32.1. The first-order chi connectivity index (χ1) is 22.2. The fourth-order valence-corrected chi connectivity index (χ4v) is 4.55. The van der Waals surface area contributed by atoms with Gasteiger partial charge in [0.2, 0.25) is 23.6 Å². The number of carbonyl (C=O) groups is 5. The number of aliphatic carboxylic acids is 1. The molecule has 0 saturated carbocycles. The summed E-state index contributed by atoms with van der Waals surface area (Å²) in [5.41, 5.74) is 28.3. The predicted molar refractivity (Wildman–Crippen MR) is 182 cm³/mol. The molecule has 0 spiro atoms. The van der Waals surface area contributed by atoms with Gasteiger partial charge in [-0.25, -0.2) is 4.79 Å². The number of guanidine groups is 2. The highest BCUT2D eigenvalue weighted by Crippen LogP contribution is 2.08. The quantitative estimate of drug-likeness (QED) is 0.0274. The molecule has 0 heterocycles. The third kappa shape index (κ3) is 16.0. The van der Waals surface area contributed by atoms with Gasteiger partial charge >= 0.3 is 5.97 Å². The van der Waals surface area contributed by atoms with Crippen LogP contribution in [0.2, 0.25) is 0 Å². The van der Waals surface area contributed by atoms with Crippen molar-refractivity contribution in [3.8, 4) is 0 Å². The number of carboxylic acid groups (broad SMARTS) is 1. The molecule has 18 heteroatoms. The summed E-state index contributed by atoms with van der Waals surface area (Å²) in [5, 5.41) is 19.8. The van der Waals surface area contributed by atoms with Gasteiger partial charge in [0, 0.05) is 18.8 Å². The van der Waals surface area contributed by atoms with Gasteiger partial charge in [-0.15, -0.1) is 0 Å². The Hall–Kier alpha value is -4.58. The number of carboxylic acids is 1. The van der Waals surface area contributed by atoms with Crippen molar-refractivity contribution in [2.75, 3.05) is 18.8 Å². The van der Waals surface area contributed by atoms with Crippen LogP contribution in [0.15, 0.2) is 40.3 Å². The number of hydrogen-bond donors (Lipinski definition) is 11. The Bertz CT molecular complexity index is 1240. The van der Waals surface area contributed by atoms with Gasteiger partial charge in [0.25, 0.3) is 0 Å². The molecule has 47 heavy (non-hydrogen) atoms. The lowest BCUT2D eigenvalue weighted by molar-refractivity contribution is -0.142. The fourth-order valence-electron chi connectivity index (χ4n) is 4.29. The summed E-state index contributed by atoms with van der Waals surface area (Å²) in [7, 11) is 0. The summed E-state index contributed by atoms with van der Waals surface area (Å²) in [4.78, 5) is 72.1. The lowest BCUT2D eigenvalue weighted by Gasteiger charge is -2.27. The fraction of sp³-hybridized carbons (Fsp3) is 0.552. The van der Waals surface area contributed by atoms with Crippen molar-refractivity contribution in [1.29, 1.82) is 0 Å². The molecule has 0 aromatic heterocycles. The smallest absolute Gasteiger partial charge is 0.326 e. The Balaban J connectivity index is 3.00. The van der Waals surface area contributed by atoms with Crippen molar-refractivity contribution < 1.29 is 29.1 Å². The van der Waals surface area contributed by atoms with Crippen LogP contribution in [-0.2, 0) is 30.4 Å². The van der Waals surface area contributed by atoms with Crippen molar-refractivity contribution in [2.45, 2.75) is 76.2 Å². The normalized spacial score (nSPS) is 14.0. The maximum absolute atomic E-state index is 13.5. The van der Waals surface area contributed by atoms with E-state index in [0.29, 0.717) is 6.42 Å². The van der Waals surface area contributed by atoms with Crippen LogP contribution in [-0.4, -0.2) is 95.7 Å². The summed E-state index contributed by atoms with van der Waals surface area (Å²) >= 11 is 4.15. The summed E-state index contributed by atoms with van der Waals surface area (Å²) in [6, 6.07) is 3.45. The lowest BCUT2D eigenvalue weighted by atomic mass is 10.0. The largest absolute Gasteiger partial charge is 0.480 e. The monoisotopic (exact) mass is 679 g/mol. The van der Waals surface area contributed by atoms with Crippen molar-refractivity contribution >= 4 is 54.1 Å². The molecule has 0 fully saturated rings. The van der Waals surface area contributed by atoms with Crippen LogP contribution >= 0.6 is 12.6 Å². The van der Waals surface area contributed by atoms with E-state index in [1.165, 1.54) is 0 Å². The maximum Gasteiger partial charge on any atom is 0.326 e. The second-order valence-corrected chi connectivity index (χ2v) is 11.5. The van der Waals surface area contributed by atoms with Crippen molar-refractivity contribution in [2.24, 2.45) is 44.6 Å². The Kier molecular flexibility index (Phi) is 18.3. The number of amides is 4. The molecule has 1 aromatic rings. The zero-order valence-electron chi connectivity index (χ0n) is 26.7. The maximum atomic E-state index is 13.5. The van der Waals surface area contributed by atoms with E-state index in [1.54, 1.807) is 13.8 Å². The van der Waals surface area contributed by atoms with Crippen LogP contribution in [0.1, 0.15) is 45.1 Å². The van der Waals surface area contributed by atoms with Crippen LogP contribution in [0.4, 0.5) is 0 Å². The van der Waals surface area contributed by atoms with Gasteiger partial charge in [-0.05, 0) is 43.6 Å². The third-order valence-electron chi connectivity index (χ3n) is 6.84. The number of benzene rings is 1. The number of carbonyl (C=O) groups excluding carboxylic acids is 4. The van der Waals surface area contributed by atoms with Crippen molar-refractivity contribution in [1.82, 2.24) is 21.3 Å². The molecule has 0 saturated heterocycles. The Morgan fingerprint density at radius 1 is 0.745 bits per heavy atom. The molecule has 4 amide bonds. The van der Waals surface area contributed by atoms with E-state index in [0.717, 1.165) is 5.56 Å². The van der Waals surface area contributed by atoms with Crippen LogP contribution in [0.5, 0.6) is 0 Å². The second kappa shape index (κ2) is 21.3. The standard InChI is InChI=1S/C29H49N11O6S/c1-16(2)22(26(44)39-21(15-47)25(43)38-20(27(45)46)11-7-13-36-29(33)34)40-24(42)19(10-6-12-35-28(31)32)37-23(41)18(30)14-17-8-4-3-5-9-17/h3-5,8-9,16,18-22,47H,6-7,10-15,30H2,1-2H3,(H,37,41)(H,38,43)(H,39,44)(H,40,42)(H,45,46)(H4,31,32,35)(H4,33,34,36)/t18-,19-,20-,21-,22-/m0/s1. The van der Waals surface area contributed by atoms with Gasteiger partial charge in [-0.3, -0.25) is 29.2 Å². The van der Waals surface area contributed by atoms with E-state index in [9.17, 15) is 29.1 Å². The minimum atomic E-state index is -1.28. The molecule has 0 aliphatic rings. The second-order valence-electron chi connectivity index (χ2n) is 11.1. The Morgan fingerprint density at radius 3 is 1.72 bits per heavy atom. The molecule has 0 aliphatic heterocycles. The van der Waals surface area contributed by atoms with Gasteiger partial charge in [-0.1, -0.05) is 44.2 Å². The summed E-state index contributed by atoms with van der Waals surface area (Å²) in [6.07, 6.45) is 0.982. The van der Waals surface area contributed by atoms with E-state index in [-0.39, 0.29) is 56.4 Å². The number of thiol groups is 1. The average Bonchev–Trinajstić information content (AvgIpc) is 3.00. The summed E-state index contributed by atoms with van der Waals surface area (Å²) < 4.78 is 0. The van der Waals surface area contributed by atoms with Gasteiger partial charge in [0.05, 0.1) is 6.04 Å². The van der Waals surface area contributed by atoms with E-state index in [2.05, 4.69) is 43.9 Å². The molecule has 0 bridgehead atoms. The molecule has 0 radical (unpaired) electrons. The van der Waals surface area contributed by atoms with Crippen molar-refractivity contribution in [3.05, 3.63) is 35.9 Å². The molecule has 0 unspecified atom stereocenters. The van der Waals surface area contributed by atoms with Crippen LogP contribution in [0.3, 0.4) is 0 Å². The van der Waals surface area contributed by atoms with Gasteiger partial charge in [0.15, 0.2) is 11.9 Å². The highest BCUT2D eigenvalue weighted by molar-refractivity contribution is 7.80. The first-order valence-corrected chi connectivity index (χ1v) is 15.7. The van der Waals surface area contributed by atoms with Gasteiger partial charge in [-0.2, -0.15) is 12.6 Å². The third-order valence-corrected chi connectivity index (χ3v) is 7.20. The van der Waals surface area contributed by atoms with Gasteiger partial charge in [0.1, 0.15) is 24.2 Å². The van der Waals surface area contributed by atoms with Crippen LogP contribution in [0.25, 0.3) is 0 Å². The van der Waals surface area contributed by atoms with Crippen molar-refractivity contribution in [3.63, 3.8) is 0 Å². The molecule has 5 atom stereocenters. The topological polar surface area (TPSA) is 309 Å². The van der Waals surface area contributed by atoms with Gasteiger partial charge < -0.3 is 55.0 Å². The Morgan fingerprint density at radius 2 is 1.23 bits per heavy atom. The van der Waals surface area contributed by atoms with Crippen LogP contribution in [0, 0.1) is 5.92 Å². The zero-order chi connectivity index (χ0) is 35.5. The minimum Gasteiger partial charge on any atom is -0.480 e. The summed E-state index contributed by atoms with van der Waals surface area (Å²) in [5.74, 6) is -4.90. The van der Waals surface area contributed by atoms with E-state index in [1.807, 2.05) is 30.3 Å².